The molecule has 0 saturated carbocycles. The van der Waals surface area contributed by atoms with Crippen LogP contribution in [0, 0.1) is 23.0 Å². The van der Waals surface area contributed by atoms with Crippen molar-refractivity contribution in [2.24, 2.45) is 5.92 Å². The minimum Gasteiger partial charge on any atom is -0.338 e. The number of nitro benzene ring substituents is 1. The second-order valence-electron chi connectivity index (χ2n) is 5.14. The van der Waals surface area contributed by atoms with E-state index >= 15 is 0 Å². The van der Waals surface area contributed by atoms with Crippen LogP contribution in [-0.2, 0) is 0 Å². The number of hydrogen-bond acceptors (Lipinski definition) is 3. The average molecular weight is 341 g/mol. The minimum absolute atomic E-state index is 0.00653. The number of amides is 1. The third-order valence-electron chi connectivity index (χ3n) is 3.74. The maximum atomic E-state index is 12.4. The Morgan fingerprint density at radius 2 is 2.30 bits per heavy atom. The number of nitro groups is 1. The van der Waals surface area contributed by atoms with Crippen molar-refractivity contribution in [1.29, 1.82) is 0 Å². The van der Waals surface area contributed by atoms with Gasteiger partial charge in [-0.2, -0.15) is 0 Å². The van der Waals surface area contributed by atoms with Gasteiger partial charge in [0.1, 0.15) is 0 Å². The zero-order valence-corrected chi connectivity index (χ0v) is 12.9. The number of benzene rings is 1. The van der Waals surface area contributed by atoms with Crippen LogP contribution >= 0.6 is 15.9 Å². The van der Waals surface area contributed by atoms with E-state index in [1.807, 2.05) is 0 Å². The number of rotatable bonds is 4. The summed E-state index contributed by atoms with van der Waals surface area (Å²) in [6.45, 7) is 3.15. The summed E-state index contributed by atoms with van der Waals surface area (Å²) in [5.74, 6) is 0.420. The van der Waals surface area contributed by atoms with Crippen molar-refractivity contribution in [2.75, 3.05) is 18.4 Å². The molecule has 0 aromatic heterocycles. The van der Waals surface area contributed by atoms with Crippen LogP contribution in [-0.4, -0.2) is 34.2 Å². The number of hydrogen-bond donors (Lipinski definition) is 0. The number of alkyl halides is 1. The number of likely N-dealkylation sites (tertiary alicyclic amines) is 1. The lowest BCUT2D eigenvalue weighted by molar-refractivity contribution is -0.385. The van der Waals surface area contributed by atoms with Gasteiger partial charge in [-0.3, -0.25) is 14.9 Å². The van der Waals surface area contributed by atoms with Crippen LogP contribution in [0.3, 0.4) is 0 Å². The normalized spacial score (nSPS) is 18.3. The molecule has 108 valence electrons. The molecule has 6 heteroatoms. The van der Waals surface area contributed by atoms with Crippen LogP contribution < -0.4 is 0 Å². The number of carbonyl (C=O) groups excluding carboxylic acids is 1. The summed E-state index contributed by atoms with van der Waals surface area (Å²) in [6, 6.07) is 4.69. The van der Waals surface area contributed by atoms with Gasteiger partial charge in [0.2, 0.25) is 0 Å². The van der Waals surface area contributed by atoms with Crippen molar-refractivity contribution < 1.29 is 9.72 Å². The predicted molar refractivity (Wildman–Crippen MR) is 80.3 cm³/mol. The van der Waals surface area contributed by atoms with E-state index in [1.54, 1.807) is 24.0 Å². The molecule has 1 fully saturated rings. The van der Waals surface area contributed by atoms with Gasteiger partial charge in [0.05, 0.1) is 4.92 Å². The zero-order chi connectivity index (χ0) is 14.7. The summed E-state index contributed by atoms with van der Waals surface area (Å²) in [5, 5.41) is 11.9. The van der Waals surface area contributed by atoms with E-state index in [0.29, 0.717) is 17.0 Å². The Balaban J connectivity index is 2.14. The second kappa shape index (κ2) is 6.35. The molecule has 20 heavy (non-hydrogen) atoms. The van der Waals surface area contributed by atoms with Gasteiger partial charge in [-0.25, -0.2) is 0 Å². The van der Waals surface area contributed by atoms with E-state index in [2.05, 4.69) is 15.9 Å². The number of halogens is 1. The van der Waals surface area contributed by atoms with Gasteiger partial charge in [-0.1, -0.05) is 22.0 Å². The van der Waals surface area contributed by atoms with E-state index in [-0.39, 0.29) is 11.6 Å². The molecule has 1 aromatic rings. The molecule has 1 atom stereocenters. The van der Waals surface area contributed by atoms with E-state index in [9.17, 15) is 14.9 Å². The van der Waals surface area contributed by atoms with Gasteiger partial charge in [-0.15, -0.1) is 0 Å². The molecule has 1 aliphatic heterocycles. The van der Waals surface area contributed by atoms with Gasteiger partial charge in [-0.05, 0) is 31.7 Å². The average Bonchev–Trinajstić information content (AvgIpc) is 2.87. The Labute approximate surface area is 126 Å². The summed E-state index contributed by atoms with van der Waals surface area (Å²) in [6.07, 6.45) is 2.06. The Hall–Kier alpha value is -1.43. The summed E-state index contributed by atoms with van der Waals surface area (Å²) >= 11 is 3.42. The van der Waals surface area contributed by atoms with Gasteiger partial charge in [0.25, 0.3) is 11.6 Å². The van der Waals surface area contributed by atoms with Crippen LogP contribution in [0.25, 0.3) is 0 Å². The van der Waals surface area contributed by atoms with E-state index in [4.69, 9.17) is 0 Å². The summed E-state index contributed by atoms with van der Waals surface area (Å²) < 4.78 is 0. The standard InChI is InChI=1S/C14H17BrN2O3/c1-10-2-3-12(8-13(10)17(19)20)14(18)16-7-5-11(9-16)4-6-15/h2-3,8,11H,4-7,9H2,1H3. The molecule has 0 spiro atoms. The molecule has 1 aromatic carbocycles. The maximum Gasteiger partial charge on any atom is 0.273 e. The lowest BCUT2D eigenvalue weighted by atomic mass is 10.1. The Bertz CT molecular complexity index is 533. The quantitative estimate of drug-likeness (QED) is 0.480. The molecule has 1 heterocycles. The largest absolute Gasteiger partial charge is 0.338 e. The highest BCUT2D eigenvalue weighted by Crippen LogP contribution is 2.24. The second-order valence-corrected chi connectivity index (χ2v) is 5.93. The molecule has 0 bridgehead atoms. The van der Waals surface area contributed by atoms with Crippen molar-refractivity contribution >= 4 is 27.5 Å². The fourth-order valence-corrected chi connectivity index (χ4v) is 3.18. The fourth-order valence-electron chi connectivity index (χ4n) is 2.53. The third-order valence-corrected chi connectivity index (χ3v) is 4.20. The number of nitrogens with zero attached hydrogens (tertiary/aromatic N) is 2. The van der Waals surface area contributed by atoms with Crippen LogP contribution in [0.2, 0.25) is 0 Å². The van der Waals surface area contributed by atoms with E-state index in [0.717, 1.165) is 31.3 Å². The van der Waals surface area contributed by atoms with Crippen LogP contribution in [0.5, 0.6) is 0 Å². The Morgan fingerprint density at radius 3 is 2.95 bits per heavy atom. The first-order chi connectivity index (χ1) is 9.52. The number of aryl methyl sites for hydroxylation is 1. The summed E-state index contributed by atoms with van der Waals surface area (Å²) in [4.78, 5) is 24.7. The van der Waals surface area contributed by atoms with Crippen LogP contribution in [0.1, 0.15) is 28.8 Å². The number of carbonyl (C=O) groups is 1. The van der Waals surface area contributed by atoms with Crippen molar-refractivity contribution in [1.82, 2.24) is 4.90 Å². The smallest absolute Gasteiger partial charge is 0.273 e. The molecular weight excluding hydrogens is 324 g/mol. The highest BCUT2D eigenvalue weighted by molar-refractivity contribution is 9.09. The molecule has 0 aliphatic carbocycles. The maximum absolute atomic E-state index is 12.4. The van der Waals surface area contributed by atoms with Crippen LogP contribution in [0.15, 0.2) is 18.2 Å². The first-order valence-corrected chi connectivity index (χ1v) is 7.75. The first-order valence-electron chi connectivity index (χ1n) is 6.63. The zero-order valence-electron chi connectivity index (χ0n) is 11.3. The lowest BCUT2D eigenvalue weighted by Crippen LogP contribution is -2.28. The molecule has 1 saturated heterocycles. The first kappa shape index (κ1) is 15.0. The molecule has 2 rings (SSSR count). The van der Waals surface area contributed by atoms with Crippen molar-refractivity contribution in [3.8, 4) is 0 Å². The SMILES string of the molecule is Cc1ccc(C(=O)N2CCC(CCBr)C2)cc1[N+](=O)[O-]. The molecular formula is C14H17BrN2O3. The topological polar surface area (TPSA) is 63.5 Å². The minimum atomic E-state index is -0.441. The van der Waals surface area contributed by atoms with Crippen LogP contribution in [0.4, 0.5) is 5.69 Å². The molecule has 0 radical (unpaired) electrons. The molecule has 1 amide bonds. The predicted octanol–water partition coefficient (Wildman–Crippen LogP) is 3.15. The molecule has 1 aliphatic rings. The Morgan fingerprint density at radius 1 is 1.55 bits per heavy atom. The van der Waals surface area contributed by atoms with E-state index < -0.39 is 4.92 Å². The van der Waals surface area contributed by atoms with E-state index in [1.165, 1.54) is 6.07 Å². The van der Waals surface area contributed by atoms with Gasteiger partial charge in [0.15, 0.2) is 0 Å². The monoisotopic (exact) mass is 340 g/mol. The summed E-state index contributed by atoms with van der Waals surface area (Å²) in [5.41, 5.74) is 0.985. The highest BCUT2D eigenvalue weighted by atomic mass is 79.9. The van der Waals surface area contributed by atoms with Crippen molar-refractivity contribution in [2.45, 2.75) is 19.8 Å². The fraction of sp³-hybridized carbons (Fsp3) is 0.500. The summed E-state index contributed by atoms with van der Waals surface area (Å²) in [7, 11) is 0. The van der Waals surface area contributed by atoms with Gasteiger partial charge >= 0.3 is 0 Å². The van der Waals surface area contributed by atoms with Crippen molar-refractivity contribution in [3.05, 3.63) is 39.4 Å². The molecule has 1 unspecified atom stereocenters. The third kappa shape index (κ3) is 3.17. The highest BCUT2D eigenvalue weighted by Gasteiger charge is 2.27. The van der Waals surface area contributed by atoms with Gasteiger partial charge < -0.3 is 4.90 Å². The lowest BCUT2D eigenvalue weighted by Gasteiger charge is -2.16. The van der Waals surface area contributed by atoms with Gasteiger partial charge in [0, 0.05) is 35.6 Å². The van der Waals surface area contributed by atoms with Crippen molar-refractivity contribution in [3.63, 3.8) is 0 Å². The Kier molecular flexibility index (Phi) is 4.75. The molecule has 5 nitrogen and oxygen atoms in total. The molecule has 0 N–H and O–H groups in total.